The van der Waals surface area contributed by atoms with Crippen molar-refractivity contribution in [2.45, 2.75) is 44.6 Å². The molecular formula is C30H31N3O2. The van der Waals surface area contributed by atoms with Crippen LogP contribution in [0.5, 0.6) is 0 Å². The first kappa shape index (κ1) is 22.2. The average molecular weight is 466 g/mol. The molecule has 1 spiro atoms. The monoisotopic (exact) mass is 465 g/mol. The second-order valence-corrected chi connectivity index (χ2v) is 10.7. The van der Waals surface area contributed by atoms with Gasteiger partial charge in [0.05, 0.1) is 11.6 Å². The molecule has 0 aromatic heterocycles. The van der Waals surface area contributed by atoms with Crippen LogP contribution in [-0.2, 0) is 4.79 Å². The minimum atomic E-state index is -0.412. The number of amides is 1. The topological polar surface area (TPSA) is 64.4 Å². The first-order valence-corrected chi connectivity index (χ1v) is 13.0. The molecule has 178 valence electrons. The number of nitriles is 1. The molecule has 0 bridgehead atoms. The van der Waals surface area contributed by atoms with Crippen LogP contribution < -0.4 is 0 Å². The van der Waals surface area contributed by atoms with E-state index in [2.05, 4.69) is 41.3 Å². The maximum atomic E-state index is 13.9. The quantitative estimate of drug-likeness (QED) is 0.489. The molecule has 3 aromatic carbocycles. The summed E-state index contributed by atoms with van der Waals surface area (Å²) in [5, 5.41) is 13.6. The number of nitrogens with zero attached hydrogens (tertiary/aromatic N) is 3. The molecule has 35 heavy (non-hydrogen) atoms. The number of hydrogen-bond donors (Lipinski definition) is 0. The third kappa shape index (κ3) is 3.72. The highest BCUT2D eigenvalue weighted by atomic mass is 16.2. The molecule has 2 atom stereocenters. The molecule has 0 radical (unpaired) electrons. The number of carbonyl (C=O) groups is 2. The van der Waals surface area contributed by atoms with E-state index in [1.807, 2.05) is 29.2 Å². The van der Waals surface area contributed by atoms with Crippen molar-refractivity contribution in [2.75, 3.05) is 26.2 Å². The molecule has 3 aliphatic rings. The van der Waals surface area contributed by atoms with Crippen molar-refractivity contribution in [3.63, 3.8) is 0 Å². The van der Waals surface area contributed by atoms with Gasteiger partial charge in [-0.1, -0.05) is 48.5 Å². The number of piperidine rings is 2. The number of carbonyl (C=O) groups excluding carboxylic acids is 2. The van der Waals surface area contributed by atoms with E-state index in [9.17, 15) is 14.9 Å². The molecule has 2 unspecified atom stereocenters. The van der Waals surface area contributed by atoms with E-state index < -0.39 is 5.92 Å². The lowest BCUT2D eigenvalue weighted by atomic mass is 9.76. The van der Waals surface area contributed by atoms with E-state index in [0.29, 0.717) is 6.04 Å². The smallest absolute Gasteiger partial charge is 0.255 e. The largest absolute Gasteiger partial charge is 0.338 e. The standard InChI is InChI=1S/C30H31N3O2/c31-19-23-10-14-30(28(23)34)13-5-15-33(20-30)24-11-16-32(17-12-24)29(35)27-25-8-3-1-6-21(25)18-22-7-2-4-9-26(22)27/h1-4,6-9,18,23-24H,5,10-17,20H2. The van der Waals surface area contributed by atoms with Gasteiger partial charge in [0.15, 0.2) is 5.78 Å². The molecule has 1 aliphatic carbocycles. The number of likely N-dealkylation sites (tertiary alicyclic amines) is 2. The van der Waals surface area contributed by atoms with Gasteiger partial charge in [0.25, 0.3) is 5.91 Å². The average Bonchev–Trinajstić information content (AvgIpc) is 3.21. The number of benzene rings is 3. The Morgan fingerprint density at radius 2 is 1.57 bits per heavy atom. The molecule has 2 saturated heterocycles. The van der Waals surface area contributed by atoms with Crippen LogP contribution in [0.25, 0.3) is 21.5 Å². The van der Waals surface area contributed by atoms with Crippen LogP contribution >= 0.6 is 0 Å². The zero-order chi connectivity index (χ0) is 24.0. The van der Waals surface area contributed by atoms with Gasteiger partial charge in [-0.05, 0) is 72.7 Å². The first-order valence-electron chi connectivity index (χ1n) is 13.0. The van der Waals surface area contributed by atoms with E-state index in [-0.39, 0.29) is 17.1 Å². The summed E-state index contributed by atoms with van der Waals surface area (Å²) >= 11 is 0. The Balaban J connectivity index is 1.20. The lowest BCUT2D eigenvalue weighted by molar-refractivity contribution is -0.131. The fourth-order valence-electron chi connectivity index (χ4n) is 6.89. The lowest BCUT2D eigenvalue weighted by Gasteiger charge is -2.45. The third-order valence-corrected chi connectivity index (χ3v) is 8.77. The minimum absolute atomic E-state index is 0.120. The van der Waals surface area contributed by atoms with Crippen LogP contribution in [0.4, 0.5) is 0 Å². The Kier molecular flexibility index (Phi) is 5.57. The zero-order valence-electron chi connectivity index (χ0n) is 20.1. The molecule has 3 fully saturated rings. The van der Waals surface area contributed by atoms with Gasteiger partial charge >= 0.3 is 0 Å². The van der Waals surface area contributed by atoms with Gasteiger partial charge in [0, 0.05) is 31.1 Å². The van der Waals surface area contributed by atoms with E-state index in [0.717, 1.165) is 91.8 Å². The van der Waals surface area contributed by atoms with Gasteiger partial charge in [-0.2, -0.15) is 5.26 Å². The van der Waals surface area contributed by atoms with Crippen molar-refractivity contribution < 1.29 is 9.59 Å². The number of ketones is 1. The minimum Gasteiger partial charge on any atom is -0.338 e. The van der Waals surface area contributed by atoms with Crippen molar-refractivity contribution in [3.8, 4) is 6.07 Å². The molecule has 0 N–H and O–H groups in total. The second-order valence-electron chi connectivity index (χ2n) is 10.7. The molecule has 5 heteroatoms. The Morgan fingerprint density at radius 3 is 2.20 bits per heavy atom. The molecule has 1 saturated carbocycles. The van der Waals surface area contributed by atoms with Gasteiger partial charge in [0.2, 0.25) is 0 Å². The van der Waals surface area contributed by atoms with Crippen LogP contribution in [0.2, 0.25) is 0 Å². The van der Waals surface area contributed by atoms with Crippen molar-refractivity contribution in [3.05, 3.63) is 60.2 Å². The fourth-order valence-corrected chi connectivity index (χ4v) is 6.89. The van der Waals surface area contributed by atoms with Gasteiger partial charge in [0.1, 0.15) is 5.92 Å². The summed E-state index contributed by atoms with van der Waals surface area (Å²) in [6.07, 6.45) is 5.37. The summed E-state index contributed by atoms with van der Waals surface area (Å²) in [6, 6.07) is 21.1. The van der Waals surface area contributed by atoms with E-state index >= 15 is 0 Å². The molecule has 3 aromatic rings. The predicted octanol–water partition coefficient (Wildman–Crippen LogP) is 5.18. The van der Waals surface area contributed by atoms with Gasteiger partial charge in [-0.3, -0.25) is 14.5 Å². The van der Waals surface area contributed by atoms with Crippen LogP contribution in [0, 0.1) is 22.7 Å². The van der Waals surface area contributed by atoms with Crippen molar-refractivity contribution in [1.29, 1.82) is 5.26 Å². The maximum Gasteiger partial charge on any atom is 0.255 e. The van der Waals surface area contributed by atoms with Gasteiger partial charge in [-0.15, -0.1) is 0 Å². The Labute approximate surface area is 206 Å². The maximum absolute atomic E-state index is 13.9. The van der Waals surface area contributed by atoms with Crippen molar-refractivity contribution >= 4 is 33.2 Å². The van der Waals surface area contributed by atoms with Gasteiger partial charge in [-0.25, -0.2) is 0 Å². The molecule has 6 rings (SSSR count). The Bertz CT molecular complexity index is 1300. The number of fused-ring (bicyclic) bond motifs is 2. The highest BCUT2D eigenvalue weighted by molar-refractivity contribution is 6.18. The summed E-state index contributed by atoms with van der Waals surface area (Å²) in [6.45, 7) is 3.27. The number of hydrogen-bond acceptors (Lipinski definition) is 4. The summed E-state index contributed by atoms with van der Waals surface area (Å²) in [7, 11) is 0. The van der Waals surface area contributed by atoms with E-state index in [1.54, 1.807) is 0 Å². The molecule has 1 amide bonds. The summed E-state index contributed by atoms with van der Waals surface area (Å²) < 4.78 is 0. The van der Waals surface area contributed by atoms with Crippen LogP contribution in [0.3, 0.4) is 0 Å². The zero-order valence-corrected chi connectivity index (χ0v) is 20.1. The highest BCUT2D eigenvalue weighted by Crippen LogP contribution is 2.45. The Morgan fingerprint density at radius 1 is 0.914 bits per heavy atom. The number of rotatable bonds is 2. The molecule has 5 nitrogen and oxygen atoms in total. The van der Waals surface area contributed by atoms with Crippen LogP contribution in [-0.4, -0.2) is 53.7 Å². The predicted molar refractivity (Wildman–Crippen MR) is 137 cm³/mol. The highest BCUT2D eigenvalue weighted by Gasteiger charge is 2.50. The molecule has 2 heterocycles. The van der Waals surface area contributed by atoms with E-state index in [4.69, 9.17) is 0 Å². The normalized spacial score (nSPS) is 26.0. The molecular weight excluding hydrogens is 434 g/mol. The van der Waals surface area contributed by atoms with Crippen molar-refractivity contribution in [1.82, 2.24) is 9.80 Å². The second kappa shape index (κ2) is 8.77. The first-order chi connectivity index (χ1) is 17.1. The Hall–Kier alpha value is -3.23. The third-order valence-electron chi connectivity index (χ3n) is 8.77. The summed E-state index contributed by atoms with van der Waals surface area (Å²) in [5.41, 5.74) is 0.501. The number of Topliss-reactive ketones (excluding diaryl/α,β-unsaturated/α-hetero) is 1. The lowest BCUT2D eigenvalue weighted by Crippen LogP contribution is -2.53. The summed E-state index contributed by atoms with van der Waals surface area (Å²) in [5.74, 6) is -0.112. The molecule has 2 aliphatic heterocycles. The van der Waals surface area contributed by atoms with Gasteiger partial charge < -0.3 is 4.90 Å². The van der Waals surface area contributed by atoms with Crippen LogP contribution in [0.15, 0.2) is 54.6 Å². The van der Waals surface area contributed by atoms with Crippen molar-refractivity contribution in [2.24, 2.45) is 11.3 Å². The summed E-state index contributed by atoms with van der Waals surface area (Å²) in [4.78, 5) is 31.3. The van der Waals surface area contributed by atoms with Crippen LogP contribution in [0.1, 0.15) is 48.9 Å². The SMILES string of the molecule is N#CC1CCC2(CCCN(C3CCN(C(=O)c4c5ccccc5cc5ccccc45)CC3)C2)C1=O. The van der Waals surface area contributed by atoms with E-state index in [1.165, 1.54) is 0 Å². The fraction of sp³-hybridized carbons (Fsp3) is 0.433.